The zero-order valence-electron chi connectivity index (χ0n) is 5.48. The maximum absolute atomic E-state index is 9.93. The van der Waals surface area contributed by atoms with E-state index in [4.69, 9.17) is 10.2 Å². The molecular formula is C3H4N2O7. The Morgan fingerprint density at radius 1 is 1.42 bits per heavy atom. The molecule has 0 aromatic rings. The first-order valence-corrected chi connectivity index (χ1v) is 2.76. The highest BCUT2D eigenvalue weighted by atomic mass is 16.8. The largest absolute Gasteiger partial charge is 0.481 e. The zero-order valence-corrected chi connectivity index (χ0v) is 5.48. The van der Waals surface area contributed by atoms with Crippen LogP contribution < -0.4 is 0 Å². The highest BCUT2D eigenvalue weighted by Gasteiger charge is 2.72. The van der Waals surface area contributed by atoms with Crippen molar-refractivity contribution < 1.29 is 24.8 Å². The third-order valence-electron chi connectivity index (χ3n) is 1.42. The Morgan fingerprint density at radius 2 is 1.92 bits per heavy atom. The van der Waals surface area contributed by atoms with E-state index in [0.29, 0.717) is 0 Å². The van der Waals surface area contributed by atoms with Crippen LogP contribution in [0, 0.1) is 20.2 Å². The summed E-state index contributed by atoms with van der Waals surface area (Å²) in [6.07, 6.45) is -4.07. The van der Waals surface area contributed by atoms with Crippen LogP contribution in [0.5, 0.6) is 0 Å². The summed E-state index contributed by atoms with van der Waals surface area (Å²) in [6.45, 7) is 0. The summed E-state index contributed by atoms with van der Waals surface area (Å²) in [4.78, 5) is 17.4. The number of rotatable bonds is 2. The van der Waals surface area contributed by atoms with Crippen LogP contribution in [0.1, 0.15) is 0 Å². The highest BCUT2D eigenvalue weighted by Crippen LogP contribution is 2.31. The summed E-state index contributed by atoms with van der Waals surface area (Å²) < 4.78 is 3.87. The number of aliphatic hydroxyl groups is 2. The summed E-state index contributed by atoms with van der Waals surface area (Å²) in [6, 6.07) is 0. The molecule has 0 amide bonds. The molecule has 3 atom stereocenters. The maximum atomic E-state index is 9.93. The van der Waals surface area contributed by atoms with Crippen molar-refractivity contribution in [2.45, 2.75) is 18.2 Å². The second kappa shape index (κ2) is 2.33. The van der Waals surface area contributed by atoms with Gasteiger partial charge >= 0.3 is 12.1 Å². The second-order valence-electron chi connectivity index (χ2n) is 2.15. The standard InChI is InChI=1S/C3H4N2O7/c6-1-2(4(8)9)12-3(1,7)5(10)11/h1-2,6-7H. The Balaban J connectivity index is 2.70. The van der Waals surface area contributed by atoms with Gasteiger partial charge in [-0.3, -0.25) is 20.2 Å². The molecule has 68 valence electrons. The van der Waals surface area contributed by atoms with Crippen molar-refractivity contribution >= 4 is 0 Å². The summed E-state index contributed by atoms with van der Waals surface area (Å²) in [5, 5.41) is 37.2. The molecule has 1 heterocycles. The van der Waals surface area contributed by atoms with E-state index in [1.165, 1.54) is 0 Å². The van der Waals surface area contributed by atoms with E-state index in [0.717, 1.165) is 0 Å². The monoisotopic (exact) mass is 180 g/mol. The van der Waals surface area contributed by atoms with E-state index < -0.39 is 28.1 Å². The summed E-state index contributed by atoms with van der Waals surface area (Å²) in [5.74, 6) is -3.03. The third-order valence-corrected chi connectivity index (χ3v) is 1.42. The molecule has 9 heteroatoms. The van der Waals surface area contributed by atoms with Crippen LogP contribution in [0.4, 0.5) is 0 Å². The van der Waals surface area contributed by atoms with E-state index in [2.05, 4.69) is 4.74 Å². The number of hydrogen-bond acceptors (Lipinski definition) is 7. The molecule has 2 N–H and O–H groups in total. The average Bonchev–Trinajstić information content (AvgIpc) is 1.97. The van der Waals surface area contributed by atoms with Gasteiger partial charge in [-0.05, 0) is 0 Å². The summed E-state index contributed by atoms with van der Waals surface area (Å²) in [5.41, 5.74) is 0. The van der Waals surface area contributed by atoms with Crippen molar-refractivity contribution in [3.8, 4) is 0 Å². The minimum Gasteiger partial charge on any atom is -0.373 e. The summed E-state index contributed by atoms with van der Waals surface area (Å²) in [7, 11) is 0. The highest BCUT2D eigenvalue weighted by molar-refractivity contribution is 4.80. The second-order valence-corrected chi connectivity index (χ2v) is 2.15. The zero-order chi connectivity index (χ0) is 9.52. The molecule has 1 aliphatic heterocycles. The van der Waals surface area contributed by atoms with Crippen molar-refractivity contribution in [1.29, 1.82) is 0 Å². The molecule has 0 saturated carbocycles. The predicted octanol–water partition coefficient (Wildman–Crippen LogP) is -2.10. The van der Waals surface area contributed by atoms with Crippen LogP contribution in [0.15, 0.2) is 0 Å². The molecule has 0 aliphatic carbocycles. The maximum Gasteiger partial charge on any atom is 0.481 e. The third kappa shape index (κ3) is 0.913. The van der Waals surface area contributed by atoms with Gasteiger partial charge in [0.1, 0.15) is 0 Å². The summed E-state index contributed by atoms with van der Waals surface area (Å²) >= 11 is 0. The first-order chi connectivity index (χ1) is 5.39. The molecular weight excluding hydrogens is 176 g/mol. The van der Waals surface area contributed by atoms with Gasteiger partial charge in [0, 0.05) is 0 Å². The molecule has 0 bridgehead atoms. The van der Waals surface area contributed by atoms with E-state index in [9.17, 15) is 20.2 Å². The Labute approximate surface area is 64.5 Å². The molecule has 12 heavy (non-hydrogen) atoms. The van der Waals surface area contributed by atoms with E-state index in [1.807, 2.05) is 0 Å². The molecule has 1 fully saturated rings. The lowest BCUT2D eigenvalue weighted by Crippen LogP contribution is -2.70. The minimum absolute atomic E-state index is 1.07. The van der Waals surface area contributed by atoms with Crippen LogP contribution in [-0.2, 0) is 4.74 Å². The fourth-order valence-corrected chi connectivity index (χ4v) is 0.735. The average molecular weight is 180 g/mol. The van der Waals surface area contributed by atoms with E-state index in [1.54, 1.807) is 0 Å². The topological polar surface area (TPSA) is 136 Å². The lowest BCUT2D eigenvalue weighted by atomic mass is 10.1. The minimum atomic E-state index is -3.03. The number of nitrogens with zero attached hydrogens (tertiary/aromatic N) is 2. The lowest BCUT2D eigenvalue weighted by Gasteiger charge is -2.33. The van der Waals surface area contributed by atoms with Gasteiger partial charge in [0.05, 0.1) is 9.85 Å². The van der Waals surface area contributed by atoms with Crippen LogP contribution in [0.3, 0.4) is 0 Å². The van der Waals surface area contributed by atoms with Gasteiger partial charge in [0.25, 0.3) is 6.10 Å². The van der Waals surface area contributed by atoms with E-state index in [-0.39, 0.29) is 0 Å². The van der Waals surface area contributed by atoms with Crippen molar-refractivity contribution in [3.63, 3.8) is 0 Å². The van der Waals surface area contributed by atoms with Gasteiger partial charge in [-0.2, -0.15) is 0 Å². The first kappa shape index (κ1) is 8.77. The normalized spacial score (nSPS) is 40.2. The Morgan fingerprint density at radius 3 is 2.17 bits per heavy atom. The predicted molar refractivity (Wildman–Crippen MR) is 29.8 cm³/mol. The molecule has 0 aromatic carbocycles. The van der Waals surface area contributed by atoms with Crippen LogP contribution in [-0.4, -0.2) is 38.3 Å². The smallest absolute Gasteiger partial charge is 0.373 e. The molecule has 0 aromatic heterocycles. The van der Waals surface area contributed by atoms with E-state index >= 15 is 0 Å². The Bertz CT molecular complexity index is 241. The van der Waals surface area contributed by atoms with Crippen LogP contribution in [0.25, 0.3) is 0 Å². The SMILES string of the molecule is O=[N+]([O-])C1OC(O)([N+](=O)[O-])C1O. The van der Waals surface area contributed by atoms with Crippen molar-refractivity contribution in [3.05, 3.63) is 20.2 Å². The molecule has 1 aliphatic rings. The van der Waals surface area contributed by atoms with Gasteiger partial charge in [-0.25, -0.2) is 4.74 Å². The first-order valence-electron chi connectivity index (χ1n) is 2.76. The van der Waals surface area contributed by atoms with Crippen LogP contribution >= 0.6 is 0 Å². The molecule has 0 radical (unpaired) electrons. The van der Waals surface area contributed by atoms with Gasteiger partial charge in [-0.15, -0.1) is 0 Å². The number of ether oxygens (including phenoxy) is 1. The lowest BCUT2D eigenvalue weighted by molar-refractivity contribution is -0.800. The quantitative estimate of drug-likeness (QED) is 0.282. The molecule has 1 saturated heterocycles. The van der Waals surface area contributed by atoms with Crippen molar-refractivity contribution in [2.75, 3.05) is 0 Å². The Kier molecular flexibility index (Phi) is 1.71. The fourth-order valence-electron chi connectivity index (χ4n) is 0.735. The fraction of sp³-hybridized carbons (Fsp3) is 1.00. The Hall–Kier alpha value is -1.32. The number of hydrogen-bond donors (Lipinski definition) is 2. The van der Waals surface area contributed by atoms with Crippen LogP contribution in [0.2, 0.25) is 0 Å². The van der Waals surface area contributed by atoms with Gasteiger partial charge in [-0.1, -0.05) is 0 Å². The van der Waals surface area contributed by atoms with Gasteiger partial charge < -0.3 is 10.2 Å². The van der Waals surface area contributed by atoms with Gasteiger partial charge in [0.15, 0.2) is 0 Å². The molecule has 3 unspecified atom stereocenters. The molecule has 1 rings (SSSR count). The van der Waals surface area contributed by atoms with Gasteiger partial charge in [0.2, 0.25) is 0 Å². The number of aliphatic hydroxyl groups excluding tert-OH is 1. The molecule has 9 nitrogen and oxygen atoms in total. The number of nitro groups is 2. The van der Waals surface area contributed by atoms with Crippen molar-refractivity contribution in [2.24, 2.45) is 0 Å². The molecule has 0 spiro atoms. The van der Waals surface area contributed by atoms with Crippen molar-refractivity contribution in [1.82, 2.24) is 0 Å².